The Hall–Kier alpha value is -4.04. The third kappa shape index (κ3) is 3.83. The molecule has 0 unspecified atom stereocenters. The van der Waals surface area contributed by atoms with Crippen molar-refractivity contribution in [2.45, 2.75) is 6.92 Å². The smallest absolute Gasteiger partial charge is 0.288 e. The van der Waals surface area contributed by atoms with Crippen LogP contribution >= 0.6 is 11.6 Å². The number of ketones is 1. The third-order valence-corrected chi connectivity index (χ3v) is 5.20. The molecule has 0 atom stereocenters. The number of anilines is 1. The van der Waals surface area contributed by atoms with E-state index in [1.54, 1.807) is 31.2 Å². The molecule has 0 aliphatic heterocycles. The first-order valence-corrected chi connectivity index (χ1v) is 9.71. The molecule has 1 heterocycles. The number of aryl methyl sites for hydroxylation is 1. The number of benzene rings is 3. The molecule has 0 saturated carbocycles. The fraction of sp³-hybridized carbons (Fsp3) is 0.0435. The van der Waals surface area contributed by atoms with Gasteiger partial charge in [-0.1, -0.05) is 35.9 Å². The minimum Gasteiger partial charge on any atom is -0.450 e. The van der Waals surface area contributed by atoms with Gasteiger partial charge in [0.1, 0.15) is 16.4 Å². The molecule has 32 heavy (non-hydrogen) atoms. The predicted molar refractivity (Wildman–Crippen MR) is 117 cm³/mol. The summed E-state index contributed by atoms with van der Waals surface area (Å²) in [5, 5.41) is 14.1. The van der Waals surface area contributed by atoms with E-state index in [-0.39, 0.29) is 27.6 Å². The molecule has 9 heteroatoms. The predicted octanol–water partition coefficient (Wildman–Crippen LogP) is 5.93. The summed E-state index contributed by atoms with van der Waals surface area (Å²) in [7, 11) is 0. The number of nitrogens with zero attached hydrogens (tertiary/aromatic N) is 1. The zero-order chi connectivity index (χ0) is 23.0. The van der Waals surface area contributed by atoms with Crippen LogP contribution in [-0.4, -0.2) is 16.6 Å². The van der Waals surface area contributed by atoms with Gasteiger partial charge in [0.05, 0.1) is 10.6 Å². The van der Waals surface area contributed by atoms with Crippen molar-refractivity contribution in [3.05, 3.63) is 104 Å². The van der Waals surface area contributed by atoms with Crippen LogP contribution in [0.2, 0.25) is 5.02 Å². The highest BCUT2D eigenvalue weighted by atomic mass is 35.5. The van der Waals surface area contributed by atoms with Gasteiger partial charge >= 0.3 is 0 Å². The Morgan fingerprint density at radius 2 is 1.78 bits per heavy atom. The van der Waals surface area contributed by atoms with Gasteiger partial charge in [0.2, 0.25) is 5.78 Å². The molecule has 1 amide bonds. The van der Waals surface area contributed by atoms with Gasteiger partial charge in [0.25, 0.3) is 11.6 Å². The fourth-order valence-electron chi connectivity index (χ4n) is 3.17. The maximum absolute atomic E-state index is 14.0. The van der Waals surface area contributed by atoms with E-state index in [0.717, 1.165) is 12.1 Å². The number of halogens is 2. The van der Waals surface area contributed by atoms with E-state index in [9.17, 15) is 24.1 Å². The lowest BCUT2D eigenvalue weighted by molar-refractivity contribution is -0.384. The second-order valence-corrected chi connectivity index (χ2v) is 7.38. The van der Waals surface area contributed by atoms with Crippen LogP contribution in [0.1, 0.15) is 32.0 Å². The maximum atomic E-state index is 14.0. The zero-order valence-corrected chi connectivity index (χ0v) is 17.3. The number of hydrogen-bond donors (Lipinski definition) is 1. The second kappa shape index (κ2) is 8.24. The van der Waals surface area contributed by atoms with E-state index >= 15 is 0 Å². The van der Waals surface area contributed by atoms with Gasteiger partial charge in [-0.15, -0.1) is 0 Å². The zero-order valence-electron chi connectivity index (χ0n) is 16.5. The van der Waals surface area contributed by atoms with Crippen LogP contribution in [0.5, 0.6) is 0 Å². The molecule has 4 rings (SSSR count). The number of amides is 1. The van der Waals surface area contributed by atoms with Crippen molar-refractivity contribution in [1.29, 1.82) is 0 Å². The number of hydrogen-bond acceptors (Lipinski definition) is 5. The SMILES string of the molecule is Cc1ccc(C(=O)c2oc3ccccc3c2NC(=O)c2ccc(Cl)c([N+](=O)[O-])c2)cc1F. The van der Waals surface area contributed by atoms with Crippen LogP contribution in [0, 0.1) is 22.9 Å². The van der Waals surface area contributed by atoms with E-state index in [2.05, 4.69) is 5.32 Å². The summed E-state index contributed by atoms with van der Waals surface area (Å²) in [6, 6.07) is 14.3. The molecule has 0 spiro atoms. The molecular formula is C23H14ClFN2O5. The first kappa shape index (κ1) is 21.2. The quantitative estimate of drug-likeness (QED) is 0.230. The Kier molecular flexibility index (Phi) is 5.46. The minimum absolute atomic E-state index is 0.0360. The highest BCUT2D eigenvalue weighted by Gasteiger charge is 2.25. The summed E-state index contributed by atoms with van der Waals surface area (Å²) in [5.74, 6) is -2.07. The lowest BCUT2D eigenvalue weighted by atomic mass is 10.0. The fourth-order valence-corrected chi connectivity index (χ4v) is 3.36. The van der Waals surface area contributed by atoms with Gasteiger partial charge < -0.3 is 9.73 Å². The standard InChI is InChI=1S/C23H14ClFN2O5/c1-12-6-7-13(10-17(12)25)21(28)22-20(15-4-2-3-5-19(15)32-22)26-23(29)14-8-9-16(24)18(11-14)27(30)31/h2-11H,1H3,(H,26,29). The molecule has 7 nitrogen and oxygen atoms in total. The largest absolute Gasteiger partial charge is 0.450 e. The Labute approximate surface area is 185 Å². The van der Waals surface area contributed by atoms with Gasteiger partial charge in [0, 0.05) is 22.6 Å². The summed E-state index contributed by atoms with van der Waals surface area (Å²) in [6.45, 7) is 1.57. The number of carbonyl (C=O) groups is 2. The number of nitrogens with one attached hydrogen (secondary N) is 1. The first-order chi connectivity index (χ1) is 15.3. The number of nitro groups is 1. The number of fused-ring (bicyclic) bond motifs is 1. The highest BCUT2D eigenvalue weighted by Crippen LogP contribution is 2.33. The first-order valence-electron chi connectivity index (χ1n) is 9.34. The van der Waals surface area contributed by atoms with Gasteiger partial charge in [0.15, 0.2) is 5.76 Å². The van der Waals surface area contributed by atoms with Crippen molar-refractivity contribution >= 4 is 45.6 Å². The molecule has 0 aliphatic carbocycles. The van der Waals surface area contributed by atoms with Crippen LogP contribution < -0.4 is 5.32 Å². The monoisotopic (exact) mass is 452 g/mol. The maximum Gasteiger partial charge on any atom is 0.288 e. The minimum atomic E-state index is -0.708. The van der Waals surface area contributed by atoms with Gasteiger partial charge in [-0.05, 0) is 42.8 Å². The average molecular weight is 453 g/mol. The molecule has 4 aromatic rings. The number of carbonyl (C=O) groups excluding carboxylic acids is 2. The Bertz CT molecular complexity index is 1410. The summed E-state index contributed by atoms with van der Waals surface area (Å²) < 4.78 is 19.7. The van der Waals surface area contributed by atoms with E-state index in [4.69, 9.17) is 16.0 Å². The van der Waals surface area contributed by atoms with Crippen molar-refractivity contribution in [2.75, 3.05) is 5.32 Å². The van der Waals surface area contributed by atoms with Crippen LogP contribution in [0.15, 0.2) is 65.1 Å². The van der Waals surface area contributed by atoms with E-state index in [0.29, 0.717) is 16.5 Å². The Morgan fingerprint density at radius 1 is 1.06 bits per heavy atom. The molecular weight excluding hydrogens is 439 g/mol. The van der Waals surface area contributed by atoms with Crippen LogP contribution in [0.3, 0.4) is 0 Å². The summed E-state index contributed by atoms with van der Waals surface area (Å²) in [5.41, 5.74) is 0.373. The number of rotatable bonds is 5. The number of furan rings is 1. The average Bonchev–Trinajstić information content (AvgIpc) is 3.13. The molecule has 1 N–H and O–H groups in total. The molecule has 0 radical (unpaired) electrons. The molecule has 0 bridgehead atoms. The summed E-state index contributed by atoms with van der Waals surface area (Å²) in [6.07, 6.45) is 0. The second-order valence-electron chi connectivity index (χ2n) is 6.97. The third-order valence-electron chi connectivity index (χ3n) is 4.88. The Balaban J connectivity index is 1.78. The van der Waals surface area contributed by atoms with Crippen LogP contribution in [0.4, 0.5) is 15.8 Å². The molecule has 1 aromatic heterocycles. The topological polar surface area (TPSA) is 102 Å². The molecule has 0 saturated heterocycles. The van der Waals surface area contributed by atoms with E-state index < -0.39 is 28.1 Å². The summed E-state index contributed by atoms with van der Waals surface area (Å²) in [4.78, 5) is 36.4. The van der Waals surface area contributed by atoms with Crippen molar-refractivity contribution < 1.29 is 23.3 Å². The molecule has 0 aliphatic rings. The Morgan fingerprint density at radius 3 is 2.50 bits per heavy atom. The highest BCUT2D eigenvalue weighted by molar-refractivity contribution is 6.32. The lowest BCUT2D eigenvalue weighted by Gasteiger charge is -2.07. The van der Waals surface area contributed by atoms with Crippen molar-refractivity contribution in [3.8, 4) is 0 Å². The molecule has 3 aromatic carbocycles. The summed E-state index contributed by atoms with van der Waals surface area (Å²) >= 11 is 5.81. The van der Waals surface area contributed by atoms with Crippen LogP contribution in [-0.2, 0) is 0 Å². The van der Waals surface area contributed by atoms with Gasteiger partial charge in [-0.25, -0.2) is 4.39 Å². The molecule has 160 valence electrons. The number of nitro benzene ring substituents is 1. The van der Waals surface area contributed by atoms with Crippen molar-refractivity contribution in [1.82, 2.24) is 0 Å². The normalized spacial score (nSPS) is 10.8. The van der Waals surface area contributed by atoms with Crippen molar-refractivity contribution in [2.24, 2.45) is 0 Å². The van der Waals surface area contributed by atoms with E-state index in [1.807, 2.05) is 0 Å². The van der Waals surface area contributed by atoms with Gasteiger partial charge in [-0.3, -0.25) is 19.7 Å². The van der Waals surface area contributed by atoms with Crippen molar-refractivity contribution in [3.63, 3.8) is 0 Å². The van der Waals surface area contributed by atoms with E-state index in [1.165, 1.54) is 24.3 Å². The lowest BCUT2D eigenvalue weighted by Crippen LogP contribution is -2.14. The van der Waals surface area contributed by atoms with Gasteiger partial charge in [-0.2, -0.15) is 0 Å². The molecule has 0 fully saturated rings. The number of para-hydroxylation sites is 1. The van der Waals surface area contributed by atoms with Crippen LogP contribution in [0.25, 0.3) is 11.0 Å².